The largest absolute Gasteiger partial charge is 0.493 e. The lowest BCUT2D eigenvalue weighted by molar-refractivity contribution is -0.132. The van der Waals surface area contributed by atoms with Crippen molar-refractivity contribution in [2.75, 3.05) is 45.7 Å². The Morgan fingerprint density at radius 3 is 2.54 bits per heavy atom. The molecule has 0 spiro atoms. The van der Waals surface area contributed by atoms with E-state index in [1.54, 1.807) is 23.5 Å². The Bertz CT molecular complexity index is 1270. The van der Waals surface area contributed by atoms with Gasteiger partial charge >= 0.3 is 5.97 Å². The van der Waals surface area contributed by atoms with E-state index in [2.05, 4.69) is 22.4 Å². The molecule has 3 aliphatic rings. The number of methoxy groups -OCH3 is 1. The molecule has 0 aromatic heterocycles. The number of sulfonamides is 1. The fourth-order valence-electron chi connectivity index (χ4n) is 5.36. The van der Waals surface area contributed by atoms with Gasteiger partial charge in [-0.15, -0.1) is 0 Å². The Labute approximate surface area is 206 Å². The third-order valence-corrected chi connectivity index (χ3v) is 9.13. The van der Waals surface area contributed by atoms with Crippen LogP contribution in [0.4, 0.5) is 5.69 Å². The molecule has 2 aliphatic heterocycles. The summed E-state index contributed by atoms with van der Waals surface area (Å²) in [5, 5.41) is 3.64. The molecule has 35 heavy (non-hydrogen) atoms. The van der Waals surface area contributed by atoms with Gasteiger partial charge in [0.15, 0.2) is 11.5 Å². The second kappa shape index (κ2) is 9.29. The second-order valence-corrected chi connectivity index (χ2v) is 11.4. The van der Waals surface area contributed by atoms with Gasteiger partial charge in [-0.3, -0.25) is 4.79 Å². The van der Waals surface area contributed by atoms with Crippen LogP contribution in [0.25, 0.3) is 0 Å². The minimum Gasteiger partial charge on any atom is -0.493 e. The first kappa shape index (κ1) is 23.8. The van der Waals surface area contributed by atoms with E-state index in [1.807, 2.05) is 31.3 Å². The fraction of sp³-hybridized carbons (Fsp3) is 0.423. The van der Waals surface area contributed by atoms with Gasteiger partial charge in [0, 0.05) is 44.7 Å². The first-order valence-electron chi connectivity index (χ1n) is 11.9. The van der Waals surface area contributed by atoms with Crippen LogP contribution in [0.2, 0.25) is 0 Å². The van der Waals surface area contributed by atoms with E-state index in [0.717, 1.165) is 36.3 Å². The number of benzene rings is 2. The van der Waals surface area contributed by atoms with E-state index in [9.17, 15) is 13.2 Å². The number of ether oxygens (including phenoxy) is 2. The summed E-state index contributed by atoms with van der Waals surface area (Å²) in [7, 11) is 0.0242. The number of anilines is 1. The molecule has 5 rings (SSSR count). The van der Waals surface area contributed by atoms with E-state index < -0.39 is 16.0 Å². The fourth-order valence-corrected chi connectivity index (χ4v) is 6.82. The molecule has 3 unspecified atom stereocenters. The number of carbonyl (C=O) groups excluding carboxylic acids is 1. The monoisotopic (exact) mass is 497 g/mol. The highest BCUT2D eigenvalue weighted by Crippen LogP contribution is 2.51. The molecule has 1 fully saturated rings. The van der Waals surface area contributed by atoms with E-state index in [0.29, 0.717) is 29.5 Å². The first-order valence-corrected chi connectivity index (χ1v) is 13.3. The molecule has 0 saturated carbocycles. The molecule has 1 N–H and O–H groups in total. The van der Waals surface area contributed by atoms with Crippen molar-refractivity contribution in [3.05, 3.63) is 59.7 Å². The number of nitrogens with zero attached hydrogens (tertiary/aromatic N) is 2. The number of likely N-dealkylation sites (N-methyl/N-ethyl adjacent to an activating group) is 1. The Morgan fingerprint density at radius 1 is 1.06 bits per heavy atom. The van der Waals surface area contributed by atoms with Crippen molar-refractivity contribution >= 4 is 21.7 Å². The van der Waals surface area contributed by atoms with Crippen molar-refractivity contribution in [3.8, 4) is 11.5 Å². The van der Waals surface area contributed by atoms with Crippen LogP contribution in [0.5, 0.6) is 11.5 Å². The molecule has 9 heteroatoms. The van der Waals surface area contributed by atoms with Crippen molar-refractivity contribution in [1.82, 2.24) is 9.21 Å². The van der Waals surface area contributed by atoms with Gasteiger partial charge in [-0.2, -0.15) is 4.31 Å². The zero-order valence-electron chi connectivity index (χ0n) is 20.2. The van der Waals surface area contributed by atoms with Crippen molar-refractivity contribution in [1.29, 1.82) is 0 Å². The number of hydrogen-bond acceptors (Lipinski definition) is 7. The lowest BCUT2D eigenvalue weighted by atomic mass is 9.77. The van der Waals surface area contributed by atoms with Crippen LogP contribution in [0.3, 0.4) is 0 Å². The van der Waals surface area contributed by atoms with Gasteiger partial charge in [0.1, 0.15) is 0 Å². The second-order valence-electron chi connectivity index (χ2n) is 9.44. The van der Waals surface area contributed by atoms with Crippen LogP contribution in [-0.2, 0) is 14.8 Å². The number of fused-ring (bicyclic) bond motifs is 3. The normalized spacial score (nSPS) is 24.4. The van der Waals surface area contributed by atoms with Crippen LogP contribution in [0, 0.1) is 5.92 Å². The molecule has 1 aliphatic carbocycles. The number of nitrogens with one attached hydrogen (secondary N) is 1. The average molecular weight is 498 g/mol. The Kier molecular flexibility index (Phi) is 6.33. The predicted octanol–water partition coefficient (Wildman–Crippen LogP) is 3.38. The maximum Gasteiger partial charge on any atom is 0.308 e. The maximum absolute atomic E-state index is 13.4. The summed E-state index contributed by atoms with van der Waals surface area (Å²) in [4.78, 5) is 13.9. The third-order valence-electron chi connectivity index (χ3n) is 7.23. The third kappa shape index (κ3) is 4.44. The molecule has 2 aromatic rings. The van der Waals surface area contributed by atoms with E-state index in [-0.39, 0.29) is 17.9 Å². The van der Waals surface area contributed by atoms with E-state index in [1.165, 1.54) is 6.92 Å². The number of carbonyl (C=O) groups is 1. The topological polar surface area (TPSA) is 88.2 Å². The first-order chi connectivity index (χ1) is 16.8. The van der Waals surface area contributed by atoms with Gasteiger partial charge in [-0.25, -0.2) is 8.42 Å². The van der Waals surface area contributed by atoms with Crippen molar-refractivity contribution < 1.29 is 22.7 Å². The number of rotatable bonds is 5. The van der Waals surface area contributed by atoms with Gasteiger partial charge in [-0.1, -0.05) is 18.2 Å². The van der Waals surface area contributed by atoms with Crippen LogP contribution in [-0.4, -0.2) is 63.9 Å². The van der Waals surface area contributed by atoms with Crippen LogP contribution < -0.4 is 14.8 Å². The minimum atomic E-state index is -3.54. The lowest BCUT2D eigenvalue weighted by Gasteiger charge is -2.38. The van der Waals surface area contributed by atoms with Gasteiger partial charge in [0.25, 0.3) is 0 Å². The van der Waals surface area contributed by atoms with Gasteiger partial charge < -0.3 is 19.7 Å². The standard InChI is InChI=1S/C26H31N3O5S/c1-17(30)34-24-10-7-18(15-25(24)33-3)26-21-6-4-5-20(21)22-16-19(8-9-23(22)27-26)35(31,32)29-13-11-28(2)12-14-29/h4-5,7-10,15-16,20-21,26-27H,6,11-14H2,1-3H3. The molecule has 8 nitrogen and oxygen atoms in total. The molecule has 0 radical (unpaired) electrons. The maximum atomic E-state index is 13.4. The van der Waals surface area contributed by atoms with Gasteiger partial charge in [0.05, 0.1) is 18.0 Å². The number of esters is 1. The quantitative estimate of drug-likeness (QED) is 0.385. The number of piperazine rings is 1. The van der Waals surface area contributed by atoms with Gasteiger partial charge in [0.2, 0.25) is 10.0 Å². The summed E-state index contributed by atoms with van der Waals surface area (Å²) < 4.78 is 39.0. The van der Waals surface area contributed by atoms with E-state index in [4.69, 9.17) is 9.47 Å². The summed E-state index contributed by atoms with van der Waals surface area (Å²) in [5.74, 6) is 0.829. The molecule has 0 bridgehead atoms. The number of allylic oxidation sites excluding steroid dienone is 2. The Morgan fingerprint density at radius 2 is 1.83 bits per heavy atom. The lowest BCUT2D eigenvalue weighted by Crippen LogP contribution is -2.47. The molecule has 2 aromatic carbocycles. The number of hydrogen-bond donors (Lipinski definition) is 1. The summed E-state index contributed by atoms with van der Waals surface area (Å²) in [6.45, 7) is 3.85. The molecule has 2 heterocycles. The molecule has 0 amide bonds. The summed E-state index contributed by atoms with van der Waals surface area (Å²) >= 11 is 0. The van der Waals surface area contributed by atoms with Crippen molar-refractivity contribution in [3.63, 3.8) is 0 Å². The van der Waals surface area contributed by atoms with Crippen LogP contribution in [0.1, 0.15) is 36.4 Å². The molecular weight excluding hydrogens is 466 g/mol. The summed E-state index contributed by atoms with van der Waals surface area (Å²) in [5.41, 5.74) is 2.97. The highest BCUT2D eigenvalue weighted by molar-refractivity contribution is 7.89. The summed E-state index contributed by atoms with van der Waals surface area (Å²) in [6.07, 6.45) is 5.24. The van der Waals surface area contributed by atoms with Crippen molar-refractivity contribution in [2.24, 2.45) is 5.92 Å². The van der Waals surface area contributed by atoms with Crippen LogP contribution in [0.15, 0.2) is 53.4 Å². The minimum absolute atomic E-state index is 0.00265. The SMILES string of the molecule is COc1cc(C2Nc3ccc(S(=O)(=O)N4CCN(C)CC4)cc3C3C=CCC32)ccc1OC(C)=O. The Hall–Kier alpha value is -2.88. The van der Waals surface area contributed by atoms with Gasteiger partial charge in [-0.05, 0) is 60.8 Å². The smallest absolute Gasteiger partial charge is 0.308 e. The predicted molar refractivity (Wildman–Crippen MR) is 133 cm³/mol. The highest BCUT2D eigenvalue weighted by Gasteiger charge is 2.39. The molecule has 3 atom stereocenters. The summed E-state index contributed by atoms with van der Waals surface area (Å²) in [6, 6.07) is 11.1. The van der Waals surface area contributed by atoms with Crippen LogP contribution >= 0.6 is 0 Å². The van der Waals surface area contributed by atoms with E-state index >= 15 is 0 Å². The zero-order valence-corrected chi connectivity index (χ0v) is 21.0. The molecular formula is C26H31N3O5S. The zero-order chi connectivity index (χ0) is 24.7. The average Bonchev–Trinajstić information content (AvgIpc) is 3.34. The van der Waals surface area contributed by atoms with Crippen molar-refractivity contribution in [2.45, 2.75) is 30.2 Å². The molecule has 1 saturated heterocycles. The molecule has 186 valence electrons. The Balaban J connectivity index is 1.46. The highest BCUT2D eigenvalue weighted by atomic mass is 32.2.